The van der Waals surface area contributed by atoms with Crippen LogP contribution in [-0.2, 0) is 14.3 Å². The van der Waals surface area contributed by atoms with Gasteiger partial charge in [0.05, 0.1) is 13.2 Å². The number of carbonyl (C=O) groups excluding carboxylic acids is 1. The van der Waals surface area contributed by atoms with Crippen molar-refractivity contribution in [3.8, 4) is 0 Å². The van der Waals surface area contributed by atoms with Crippen molar-refractivity contribution in [2.75, 3.05) is 13.2 Å². The maximum Gasteiger partial charge on any atom is 0.168 e. The van der Waals surface area contributed by atoms with Crippen LogP contribution in [0.25, 0.3) is 0 Å². The van der Waals surface area contributed by atoms with Crippen LogP contribution in [0.1, 0.15) is 65.2 Å². The Morgan fingerprint density at radius 1 is 1.14 bits per heavy atom. The highest BCUT2D eigenvalue weighted by Gasteiger charge is 2.37. The lowest BCUT2D eigenvalue weighted by Gasteiger charge is -2.29. The third-order valence-corrected chi connectivity index (χ3v) is 4.93. The fourth-order valence-corrected chi connectivity index (χ4v) is 3.39. The summed E-state index contributed by atoms with van der Waals surface area (Å²) in [5.41, 5.74) is 0. The lowest BCUT2D eigenvalue weighted by atomic mass is 9.89. The Balaban J connectivity index is 1.76. The van der Waals surface area contributed by atoms with Gasteiger partial charge in [0.15, 0.2) is 11.6 Å². The van der Waals surface area contributed by atoms with E-state index in [-0.39, 0.29) is 17.5 Å². The van der Waals surface area contributed by atoms with E-state index in [9.17, 15) is 4.79 Å². The molecule has 1 fully saturated rings. The predicted octanol–water partition coefficient (Wildman–Crippen LogP) is 4.26. The zero-order chi connectivity index (χ0) is 15.1. The molecule has 0 spiro atoms. The molecule has 0 saturated carbocycles. The van der Waals surface area contributed by atoms with Gasteiger partial charge in [-0.3, -0.25) is 4.79 Å². The molecule has 1 saturated heterocycles. The third kappa shape index (κ3) is 4.65. The van der Waals surface area contributed by atoms with Crippen LogP contribution >= 0.6 is 0 Å². The monoisotopic (exact) mass is 294 g/mol. The topological polar surface area (TPSA) is 35.5 Å². The second kappa shape index (κ2) is 8.09. The van der Waals surface area contributed by atoms with Gasteiger partial charge in [0.25, 0.3) is 0 Å². The van der Waals surface area contributed by atoms with E-state index in [1.54, 1.807) is 6.08 Å². The van der Waals surface area contributed by atoms with Gasteiger partial charge in [0, 0.05) is 18.8 Å². The number of hydrogen-bond acceptors (Lipinski definition) is 3. The molecule has 2 aliphatic rings. The van der Waals surface area contributed by atoms with E-state index in [2.05, 4.69) is 13.0 Å². The molecule has 3 nitrogen and oxygen atoms in total. The molecule has 3 heteroatoms. The Hall–Kier alpha value is -0.670. The highest BCUT2D eigenvalue weighted by Crippen LogP contribution is 2.35. The summed E-state index contributed by atoms with van der Waals surface area (Å²) < 4.78 is 11.9. The van der Waals surface area contributed by atoms with E-state index in [1.165, 1.54) is 32.1 Å². The van der Waals surface area contributed by atoms with E-state index >= 15 is 0 Å². The Kier molecular flexibility index (Phi) is 6.43. The average Bonchev–Trinajstić information content (AvgIpc) is 3.07. The van der Waals surface area contributed by atoms with Crippen molar-refractivity contribution in [1.29, 1.82) is 0 Å². The van der Waals surface area contributed by atoms with Gasteiger partial charge in [-0.05, 0) is 24.8 Å². The Bertz CT molecular complexity index is 355. The second-order valence-electron chi connectivity index (χ2n) is 6.52. The van der Waals surface area contributed by atoms with Crippen LogP contribution in [0.15, 0.2) is 12.2 Å². The molecule has 120 valence electrons. The molecule has 0 amide bonds. The van der Waals surface area contributed by atoms with Gasteiger partial charge in [0.1, 0.15) is 0 Å². The number of ketones is 1. The molecule has 1 aliphatic heterocycles. The van der Waals surface area contributed by atoms with Crippen LogP contribution in [0.3, 0.4) is 0 Å². The Labute approximate surface area is 129 Å². The standard InChI is InChI=1S/C18H30O3/c1-3-4-5-6-7-11-18(20-13-14-21-18)12-10-16-8-9-17(19)15(16)2/h8-9,15-16H,3-7,10-14H2,1-2H3/t15?,16-/m1/s1. The first-order chi connectivity index (χ1) is 10.2. The van der Waals surface area contributed by atoms with Crippen molar-refractivity contribution in [2.45, 2.75) is 71.0 Å². The van der Waals surface area contributed by atoms with Crippen LogP contribution < -0.4 is 0 Å². The molecule has 1 aliphatic carbocycles. The van der Waals surface area contributed by atoms with Crippen LogP contribution in [0.5, 0.6) is 0 Å². The molecule has 21 heavy (non-hydrogen) atoms. The molecule has 1 heterocycles. The fraction of sp³-hybridized carbons (Fsp3) is 0.833. The number of carbonyl (C=O) groups is 1. The Morgan fingerprint density at radius 2 is 1.86 bits per heavy atom. The van der Waals surface area contributed by atoms with Gasteiger partial charge in [-0.1, -0.05) is 45.6 Å². The predicted molar refractivity (Wildman–Crippen MR) is 84.0 cm³/mol. The first-order valence-electron chi connectivity index (χ1n) is 8.67. The van der Waals surface area contributed by atoms with Gasteiger partial charge in [0.2, 0.25) is 0 Å². The summed E-state index contributed by atoms with van der Waals surface area (Å²) in [6.07, 6.45) is 13.0. The van der Waals surface area contributed by atoms with Crippen molar-refractivity contribution in [1.82, 2.24) is 0 Å². The molecule has 1 unspecified atom stereocenters. The molecule has 0 aromatic carbocycles. The van der Waals surface area contributed by atoms with Crippen molar-refractivity contribution in [3.05, 3.63) is 12.2 Å². The minimum atomic E-state index is -0.370. The zero-order valence-corrected chi connectivity index (χ0v) is 13.6. The van der Waals surface area contributed by atoms with Crippen molar-refractivity contribution in [3.63, 3.8) is 0 Å². The second-order valence-corrected chi connectivity index (χ2v) is 6.52. The van der Waals surface area contributed by atoms with E-state index < -0.39 is 0 Å². The number of rotatable bonds is 9. The van der Waals surface area contributed by atoms with Crippen LogP contribution in [0.2, 0.25) is 0 Å². The number of hydrogen-bond donors (Lipinski definition) is 0. The summed E-state index contributed by atoms with van der Waals surface area (Å²) in [7, 11) is 0. The highest BCUT2D eigenvalue weighted by atomic mass is 16.7. The highest BCUT2D eigenvalue weighted by molar-refractivity contribution is 5.94. The maximum atomic E-state index is 11.6. The summed E-state index contributed by atoms with van der Waals surface area (Å²) in [5.74, 6) is 0.392. The van der Waals surface area contributed by atoms with Gasteiger partial charge in [-0.15, -0.1) is 0 Å². The summed E-state index contributed by atoms with van der Waals surface area (Å²) in [6, 6.07) is 0. The summed E-state index contributed by atoms with van der Waals surface area (Å²) in [4.78, 5) is 11.6. The average molecular weight is 294 g/mol. The van der Waals surface area contributed by atoms with E-state index in [1.807, 2.05) is 6.92 Å². The van der Waals surface area contributed by atoms with E-state index in [0.717, 1.165) is 19.3 Å². The third-order valence-electron chi connectivity index (χ3n) is 4.93. The smallest absolute Gasteiger partial charge is 0.168 e. The van der Waals surface area contributed by atoms with Crippen molar-refractivity contribution < 1.29 is 14.3 Å². The number of ether oxygens (including phenoxy) is 2. The first-order valence-corrected chi connectivity index (χ1v) is 8.67. The molecular weight excluding hydrogens is 264 g/mol. The van der Waals surface area contributed by atoms with Gasteiger partial charge >= 0.3 is 0 Å². The summed E-state index contributed by atoms with van der Waals surface area (Å²) in [6.45, 7) is 5.69. The molecular formula is C18H30O3. The van der Waals surface area contributed by atoms with Crippen LogP contribution in [0.4, 0.5) is 0 Å². The SMILES string of the molecule is CCCCCCCC1(CC[C@H]2C=CC(=O)C2C)OCCO1. The first kappa shape index (κ1) is 16.7. The molecule has 0 N–H and O–H groups in total. The molecule has 2 atom stereocenters. The van der Waals surface area contributed by atoms with Gasteiger partial charge in [-0.25, -0.2) is 0 Å². The normalized spacial score (nSPS) is 27.6. The summed E-state index contributed by atoms with van der Waals surface area (Å²) in [5, 5.41) is 0. The summed E-state index contributed by atoms with van der Waals surface area (Å²) >= 11 is 0. The fourth-order valence-electron chi connectivity index (χ4n) is 3.39. The Morgan fingerprint density at radius 3 is 2.48 bits per heavy atom. The molecule has 0 aromatic rings. The number of allylic oxidation sites excluding steroid dienone is 2. The van der Waals surface area contributed by atoms with Gasteiger partial charge in [-0.2, -0.15) is 0 Å². The minimum absolute atomic E-state index is 0.132. The lowest BCUT2D eigenvalue weighted by molar-refractivity contribution is -0.170. The van der Waals surface area contributed by atoms with Gasteiger partial charge < -0.3 is 9.47 Å². The molecule has 0 aromatic heterocycles. The van der Waals surface area contributed by atoms with Crippen LogP contribution in [-0.4, -0.2) is 24.8 Å². The quantitative estimate of drug-likeness (QED) is 0.596. The molecule has 2 rings (SSSR count). The number of unbranched alkanes of at least 4 members (excludes halogenated alkanes) is 4. The van der Waals surface area contributed by atoms with E-state index in [0.29, 0.717) is 19.1 Å². The molecule has 0 bridgehead atoms. The minimum Gasteiger partial charge on any atom is -0.348 e. The maximum absolute atomic E-state index is 11.6. The van der Waals surface area contributed by atoms with Crippen molar-refractivity contribution in [2.24, 2.45) is 11.8 Å². The largest absolute Gasteiger partial charge is 0.348 e. The van der Waals surface area contributed by atoms with Crippen molar-refractivity contribution >= 4 is 5.78 Å². The zero-order valence-electron chi connectivity index (χ0n) is 13.6. The van der Waals surface area contributed by atoms with E-state index in [4.69, 9.17) is 9.47 Å². The molecule has 0 radical (unpaired) electrons. The van der Waals surface area contributed by atoms with Crippen LogP contribution in [0, 0.1) is 11.8 Å². The lowest BCUT2D eigenvalue weighted by Crippen LogP contribution is -2.31.